The third-order valence-electron chi connectivity index (χ3n) is 4.19. The summed E-state index contributed by atoms with van der Waals surface area (Å²) < 4.78 is 0. The maximum Gasteiger partial charge on any atom is 0.227 e. The van der Waals surface area contributed by atoms with E-state index in [1.54, 1.807) is 0 Å². The van der Waals surface area contributed by atoms with E-state index in [0.717, 1.165) is 24.3 Å². The van der Waals surface area contributed by atoms with Crippen LogP contribution >= 0.6 is 0 Å². The number of anilines is 2. The number of para-hydroxylation sites is 2. The van der Waals surface area contributed by atoms with Gasteiger partial charge in [0.2, 0.25) is 5.91 Å². The fourth-order valence-corrected chi connectivity index (χ4v) is 2.98. The summed E-state index contributed by atoms with van der Waals surface area (Å²) in [4.78, 5) is 12.5. The van der Waals surface area contributed by atoms with Crippen LogP contribution in [-0.2, 0) is 4.79 Å². The molecule has 0 spiro atoms. The van der Waals surface area contributed by atoms with Crippen molar-refractivity contribution in [2.75, 3.05) is 17.2 Å². The van der Waals surface area contributed by atoms with Gasteiger partial charge in [0.05, 0.1) is 0 Å². The van der Waals surface area contributed by atoms with Crippen molar-refractivity contribution in [1.29, 1.82) is 0 Å². The minimum Gasteiger partial charge on any atom is -0.385 e. The Bertz CT molecular complexity index is 624. The molecule has 2 aromatic carbocycles. The fraction of sp³-hybridized carbons (Fsp3) is 0.278. The van der Waals surface area contributed by atoms with Crippen molar-refractivity contribution in [2.45, 2.75) is 19.3 Å². The van der Waals surface area contributed by atoms with Gasteiger partial charge in [-0.1, -0.05) is 43.3 Å². The first-order valence-corrected chi connectivity index (χ1v) is 7.44. The number of carbonyl (C=O) groups is 1. The normalized spacial score (nSPS) is 18.2. The quantitative estimate of drug-likeness (QED) is 0.896. The molecule has 2 N–H and O–H groups in total. The Morgan fingerprint density at radius 3 is 2.67 bits per heavy atom. The second-order valence-electron chi connectivity index (χ2n) is 5.55. The van der Waals surface area contributed by atoms with Crippen molar-refractivity contribution in [1.82, 2.24) is 0 Å². The van der Waals surface area contributed by atoms with Crippen molar-refractivity contribution in [3.05, 3.63) is 60.2 Å². The molecule has 0 saturated heterocycles. The van der Waals surface area contributed by atoms with E-state index in [-0.39, 0.29) is 17.7 Å². The Morgan fingerprint density at radius 2 is 1.86 bits per heavy atom. The number of carbonyl (C=O) groups excluding carboxylic acids is 1. The number of hydrogen-bond donors (Lipinski definition) is 2. The van der Waals surface area contributed by atoms with Crippen molar-refractivity contribution in [2.24, 2.45) is 5.92 Å². The highest BCUT2D eigenvalue weighted by atomic mass is 16.1. The molecule has 0 aliphatic carbocycles. The Hall–Kier alpha value is -2.29. The van der Waals surface area contributed by atoms with Crippen LogP contribution in [0, 0.1) is 5.92 Å². The number of benzene rings is 2. The maximum absolute atomic E-state index is 12.5. The highest BCUT2D eigenvalue weighted by Crippen LogP contribution is 2.36. The van der Waals surface area contributed by atoms with Crippen LogP contribution < -0.4 is 10.6 Å². The topological polar surface area (TPSA) is 41.1 Å². The first-order valence-electron chi connectivity index (χ1n) is 7.44. The summed E-state index contributed by atoms with van der Waals surface area (Å²) in [5.74, 6) is 0.308. The van der Waals surface area contributed by atoms with Crippen molar-refractivity contribution in [3.8, 4) is 0 Å². The summed E-state index contributed by atoms with van der Waals surface area (Å²) in [5, 5.41) is 6.41. The van der Waals surface area contributed by atoms with Gasteiger partial charge >= 0.3 is 0 Å². The smallest absolute Gasteiger partial charge is 0.227 e. The second-order valence-corrected chi connectivity index (χ2v) is 5.55. The zero-order valence-corrected chi connectivity index (χ0v) is 12.2. The maximum atomic E-state index is 12.5. The van der Waals surface area contributed by atoms with Crippen LogP contribution in [0.4, 0.5) is 11.4 Å². The number of amides is 1. The molecule has 108 valence electrons. The second kappa shape index (κ2) is 6.00. The van der Waals surface area contributed by atoms with Gasteiger partial charge in [0.25, 0.3) is 0 Å². The largest absolute Gasteiger partial charge is 0.385 e. The minimum atomic E-state index is -0.0477. The van der Waals surface area contributed by atoms with Gasteiger partial charge in [-0.05, 0) is 36.1 Å². The van der Waals surface area contributed by atoms with Gasteiger partial charge in [0, 0.05) is 23.8 Å². The molecular weight excluding hydrogens is 260 g/mol. The molecule has 1 amide bonds. The van der Waals surface area contributed by atoms with Crippen LogP contribution in [0.15, 0.2) is 54.6 Å². The Balaban J connectivity index is 1.76. The lowest BCUT2D eigenvalue weighted by Crippen LogP contribution is -2.29. The summed E-state index contributed by atoms with van der Waals surface area (Å²) in [6, 6.07) is 17.9. The third kappa shape index (κ3) is 2.92. The molecular formula is C18H20N2O. The Morgan fingerprint density at radius 1 is 1.14 bits per heavy atom. The summed E-state index contributed by atoms with van der Waals surface area (Å²) in [5.41, 5.74) is 3.27. The summed E-state index contributed by atoms with van der Waals surface area (Å²) in [7, 11) is 0. The van der Waals surface area contributed by atoms with Crippen LogP contribution in [0.1, 0.15) is 24.8 Å². The predicted molar refractivity (Wildman–Crippen MR) is 86.5 cm³/mol. The first kappa shape index (κ1) is 13.7. The monoisotopic (exact) mass is 280 g/mol. The third-order valence-corrected chi connectivity index (χ3v) is 4.19. The summed E-state index contributed by atoms with van der Waals surface area (Å²) in [6.07, 6.45) is 0.986. The number of fused-ring (bicyclic) bond motifs is 1. The molecule has 3 rings (SSSR count). The molecule has 2 aromatic rings. The van der Waals surface area contributed by atoms with Crippen LogP contribution in [0.25, 0.3) is 0 Å². The highest BCUT2D eigenvalue weighted by Gasteiger charge is 2.29. The van der Waals surface area contributed by atoms with Crippen LogP contribution in [0.5, 0.6) is 0 Å². The lowest BCUT2D eigenvalue weighted by atomic mass is 9.81. The highest BCUT2D eigenvalue weighted by molar-refractivity contribution is 5.93. The van der Waals surface area contributed by atoms with Crippen molar-refractivity contribution >= 4 is 17.3 Å². The van der Waals surface area contributed by atoms with E-state index in [1.807, 2.05) is 49.4 Å². The van der Waals surface area contributed by atoms with E-state index in [0.29, 0.717) is 0 Å². The van der Waals surface area contributed by atoms with E-state index in [4.69, 9.17) is 0 Å². The molecule has 2 unspecified atom stereocenters. The van der Waals surface area contributed by atoms with Gasteiger partial charge in [0.15, 0.2) is 0 Å². The van der Waals surface area contributed by atoms with E-state index >= 15 is 0 Å². The SMILES string of the molecule is CC(C(=O)Nc1ccccc1)C1CCNc2ccccc21. The predicted octanol–water partition coefficient (Wildman–Crippen LogP) is 3.86. The Kier molecular flexibility index (Phi) is 3.91. The summed E-state index contributed by atoms with van der Waals surface area (Å²) >= 11 is 0. The number of hydrogen-bond acceptors (Lipinski definition) is 2. The average Bonchev–Trinajstić information content (AvgIpc) is 2.54. The molecule has 0 bridgehead atoms. The van der Waals surface area contributed by atoms with E-state index in [1.165, 1.54) is 5.56 Å². The molecule has 2 atom stereocenters. The molecule has 3 nitrogen and oxygen atoms in total. The molecule has 3 heteroatoms. The lowest BCUT2D eigenvalue weighted by molar-refractivity contribution is -0.120. The zero-order chi connectivity index (χ0) is 14.7. The van der Waals surface area contributed by atoms with Crippen LogP contribution in [-0.4, -0.2) is 12.5 Å². The standard InChI is InChI=1S/C18H20N2O/c1-13(18(21)20-14-7-3-2-4-8-14)15-11-12-19-17-10-6-5-9-16(15)17/h2-10,13,15,19H,11-12H2,1H3,(H,20,21). The fourth-order valence-electron chi connectivity index (χ4n) is 2.98. The minimum absolute atomic E-state index is 0.0477. The van der Waals surface area contributed by atoms with E-state index in [9.17, 15) is 4.79 Å². The molecule has 0 saturated carbocycles. The Labute approximate surface area is 125 Å². The van der Waals surface area contributed by atoms with E-state index in [2.05, 4.69) is 22.8 Å². The molecule has 0 aromatic heterocycles. The van der Waals surface area contributed by atoms with Gasteiger partial charge in [-0.15, -0.1) is 0 Å². The van der Waals surface area contributed by atoms with Gasteiger partial charge in [0.1, 0.15) is 0 Å². The van der Waals surface area contributed by atoms with E-state index < -0.39 is 0 Å². The molecule has 1 aliphatic rings. The molecule has 0 fully saturated rings. The number of nitrogens with one attached hydrogen (secondary N) is 2. The molecule has 1 heterocycles. The summed E-state index contributed by atoms with van der Waals surface area (Å²) in [6.45, 7) is 2.94. The van der Waals surface area contributed by atoms with Gasteiger partial charge in [-0.3, -0.25) is 4.79 Å². The van der Waals surface area contributed by atoms with Crippen LogP contribution in [0.3, 0.4) is 0 Å². The van der Waals surface area contributed by atoms with Crippen molar-refractivity contribution in [3.63, 3.8) is 0 Å². The first-order chi connectivity index (χ1) is 10.3. The molecule has 21 heavy (non-hydrogen) atoms. The lowest BCUT2D eigenvalue weighted by Gasteiger charge is -2.30. The van der Waals surface area contributed by atoms with Gasteiger partial charge in [-0.2, -0.15) is 0 Å². The average molecular weight is 280 g/mol. The van der Waals surface area contributed by atoms with Gasteiger partial charge in [-0.25, -0.2) is 0 Å². The molecule has 1 aliphatic heterocycles. The zero-order valence-electron chi connectivity index (χ0n) is 12.2. The number of rotatable bonds is 3. The van der Waals surface area contributed by atoms with Gasteiger partial charge < -0.3 is 10.6 Å². The van der Waals surface area contributed by atoms with Crippen LogP contribution in [0.2, 0.25) is 0 Å². The molecule has 0 radical (unpaired) electrons. The van der Waals surface area contributed by atoms with Crippen molar-refractivity contribution < 1.29 is 4.79 Å².